The molecule has 0 spiro atoms. The summed E-state index contributed by atoms with van der Waals surface area (Å²) in [5.74, 6) is 0. The number of amides is 2. The smallest absolute Gasteiger partial charge is 0.315 e. The molecule has 0 saturated heterocycles. The van der Waals surface area contributed by atoms with Crippen LogP contribution in [0.3, 0.4) is 0 Å². The van der Waals surface area contributed by atoms with Crippen LogP contribution in [0.1, 0.15) is 11.1 Å². The fourth-order valence-electron chi connectivity index (χ4n) is 2.67. The van der Waals surface area contributed by atoms with E-state index in [1.165, 1.54) is 5.56 Å². The van der Waals surface area contributed by atoms with E-state index >= 15 is 0 Å². The predicted octanol–water partition coefficient (Wildman–Crippen LogP) is 3.78. The second-order valence-corrected chi connectivity index (χ2v) is 6.46. The van der Waals surface area contributed by atoms with Gasteiger partial charge in [-0.1, -0.05) is 48.0 Å². The second-order valence-electron chi connectivity index (χ2n) is 6.02. The van der Waals surface area contributed by atoms with E-state index in [2.05, 4.69) is 40.0 Å². The van der Waals surface area contributed by atoms with Crippen LogP contribution in [-0.4, -0.2) is 22.4 Å². The van der Waals surface area contributed by atoms with Crippen LogP contribution in [0, 0.1) is 0 Å². The minimum Gasteiger partial charge on any atom is -0.338 e. The van der Waals surface area contributed by atoms with Gasteiger partial charge in [0.25, 0.3) is 0 Å². The fraction of sp³-hybridized carbons (Fsp3) is 0.200. The molecule has 2 amide bonds. The van der Waals surface area contributed by atoms with E-state index in [1.54, 1.807) is 6.20 Å². The van der Waals surface area contributed by atoms with Crippen molar-refractivity contribution in [1.82, 2.24) is 20.4 Å². The molecule has 0 radical (unpaired) electrons. The maximum atomic E-state index is 11.9. The number of carbonyl (C=O) groups is 1. The van der Waals surface area contributed by atoms with E-state index in [9.17, 15) is 4.79 Å². The quantitative estimate of drug-likeness (QED) is 0.695. The monoisotopic (exact) mass is 368 g/mol. The Labute approximate surface area is 158 Å². The van der Waals surface area contributed by atoms with Gasteiger partial charge < -0.3 is 10.6 Å². The van der Waals surface area contributed by atoms with Crippen LogP contribution in [0.2, 0.25) is 5.02 Å². The van der Waals surface area contributed by atoms with E-state index < -0.39 is 0 Å². The average Bonchev–Trinajstić information content (AvgIpc) is 3.08. The predicted molar refractivity (Wildman–Crippen MR) is 104 cm³/mol. The van der Waals surface area contributed by atoms with Gasteiger partial charge in [-0.2, -0.15) is 5.10 Å². The number of nitrogens with one attached hydrogen (secondary N) is 2. The van der Waals surface area contributed by atoms with Gasteiger partial charge in [0.05, 0.1) is 5.69 Å². The van der Waals surface area contributed by atoms with Crippen molar-refractivity contribution < 1.29 is 4.79 Å². The van der Waals surface area contributed by atoms with Gasteiger partial charge in [0.2, 0.25) is 0 Å². The van der Waals surface area contributed by atoms with Crippen LogP contribution >= 0.6 is 11.6 Å². The molecule has 1 aromatic heterocycles. The summed E-state index contributed by atoms with van der Waals surface area (Å²) in [6, 6.07) is 17.5. The molecule has 0 aliphatic rings. The van der Waals surface area contributed by atoms with Gasteiger partial charge in [-0.3, -0.25) is 4.68 Å². The largest absolute Gasteiger partial charge is 0.338 e. The summed E-state index contributed by atoms with van der Waals surface area (Å²) in [5, 5.41) is 10.6. The van der Waals surface area contributed by atoms with Gasteiger partial charge in [-0.05, 0) is 41.3 Å². The highest BCUT2D eigenvalue weighted by atomic mass is 35.5. The third-order valence-electron chi connectivity index (χ3n) is 4.14. The molecule has 6 heteroatoms. The van der Waals surface area contributed by atoms with Crippen molar-refractivity contribution in [2.75, 3.05) is 6.54 Å². The molecule has 2 aromatic carbocycles. The van der Waals surface area contributed by atoms with E-state index in [0.29, 0.717) is 18.1 Å². The number of rotatable bonds is 6. The molecular formula is C20H21ClN4O. The van der Waals surface area contributed by atoms with Gasteiger partial charge in [-0.15, -0.1) is 0 Å². The van der Waals surface area contributed by atoms with Crippen LogP contribution in [0.5, 0.6) is 0 Å². The molecule has 2 N–H and O–H groups in total. The van der Waals surface area contributed by atoms with Crippen LogP contribution in [0.15, 0.2) is 60.8 Å². The van der Waals surface area contributed by atoms with Gasteiger partial charge in [-0.25, -0.2) is 4.79 Å². The number of hydrogen-bond donors (Lipinski definition) is 2. The first-order valence-corrected chi connectivity index (χ1v) is 8.83. The van der Waals surface area contributed by atoms with Crippen molar-refractivity contribution in [2.45, 2.75) is 13.0 Å². The van der Waals surface area contributed by atoms with Gasteiger partial charge in [0.15, 0.2) is 0 Å². The lowest BCUT2D eigenvalue weighted by molar-refractivity contribution is 0.240. The summed E-state index contributed by atoms with van der Waals surface area (Å²) in [4.78, 5) is 11.9. The van der Waals surface area contributed by atoms with Gasteiger partial charge in [0.1, 0.15) is 0 Å². The fourth-order valence-corrected chi connectivity index (χ4v) is 2.79. The maximum Gasteiger partial charge on any atom is 0.315 e. The summed E-state index contributed by atoms with van der Waals surface area (Å²) >= 11 is 5.84. The number of halogens is 1. The summed E-state index contributed by atoms with van der Waals surface area (Å²) in [5.41, 5.74) is 4.39. The van der Waals surface area contributed by atoms with E-state index in [4.69, 9.17) is 11.6 Å². The molecule has 0 aliphatic carbocycles. The molecule has 0 aliphatic heterocycles. The first-order chi connectivity index (χ1) is 12.6. The molecule has 0 saturated carbocycles. The Morgan fingerprint density at radius 1 is 1.00 bits per heavy atom. The zero-order valence-corrected chi connectivity index (χ0v) is 15.3. The number of nitrogens with zero attached hydrogens (tertiary/aromatic N) is 2. The Balaban J connectivity index is 1.42. The van der Waals surface area contributed by atoms with Crippen molar-refractivity contribution in [3.63, 3.8) is 0 Å². The first-order valence-electron chi connectivity index (χ1n) is 8.45. The van der Waals surface area contributed by atoms with E-state index in [-0.39, 0.29) is 6.03 Å². The average molecular weight is 369 g/mol. The highest BCUT2D eigenvalue weighted by molar-refractivity contribution is 6.30. The first kappa shape index (κ1) is 18.0. The highest BCUT2D eigenvalue weighted by Crippen LogP contribution is 2.18. The molecule has 0 bridgehead atoms. The lowest BCUT2D eigenvalue weighted by Crippen LogP contribution is -2.36. The maximum absolute atomic E-state index is 11.9. The molecule has 134 valence electrons. The standard InChI is InChI=1S/C20H21ClN4O/c1-25-19(11-13-24-25)17-6-2-15(3-7-17)10-12-22-20(26)23-14-16-4-8-18(21)9-5-16/h2-9,11,13H,10,12,14H2,1H3,(H2,22,23,26). The molecule has 26 heavy (non-hydrogen) atoms. The van der Waals surface area contributed by atoms with Crippen molar-refractivity contribution in [2.24, 2.45) is 7.05 Å². The second kappa shape index (κ2) is 8.54. The number of aryl methyl sites for hydroxylation is 1. The zero-order valence-electron chi connectivity index (χ0n) is 14.6. The molecule has 0 atom stereocenters. The third-order valence-corrected chi connectivity index (χ3v) is 4.39. The minimum atomic E-state index is -0.175. The third kappa shape index (κ3) is 4.86. The molecule has 0 unspecified atom stereocenters. The van der Waals surface area contributed by atoms with E-state index in [1.807, 2.05) is 42.1 Å². The normalized spacial score (nSPS) is 10.5. The SMILES string of the molecule is Cn1nccc1-c1ccc(CCNC(=O)NCc2ccc(Cl)cc2)cc1. The van der Waals surface area contributed by atoms with Crippen molar-refractivity contribution in [1.29, 1.82) is 0 Å². The summed E-state index contributed by atoms with van der Waals surface area (Å²) in [6.07, 6.45) is 2.57. The molecular weight excluding hydrogens is 348 g/mol. The number of aromatic nitrogens is 2. The lowest BCUT2D eigenvalue weighted by atomic mass is 10.1. The van der Waals surface area contributed by atoms with Gasteiger partial charge >= 0.3 is 6.03 Å². The number of hydrogen-bond acceptors (Lipinski definition) is 2. The van der Waals surface area contributed by atoms with Gasteiger partial charge in [0, 0.05) is 31.4 Å². The number of carbonyl (C=O) groups excluding carboxylic acids is 1. The summed E-state index contributed by atoms with van der Waals surface area (Å²) in [6.45, 7) is 1.06. The van der Waals surface area contributed by atoms with Crippen molar-refractivity contribution in [3.8, 4) is 11.3 Å². The highest BCUT2D eigenvalue weighted by Gasteiger charge is 2.03. The molecule has 0 fully saturated rings. The van der Waals surface area contributed by atoms with Crippen molar-refractivity contribution >= 4 is 17.6 Å². The molecule has 3 rings (SSSR count). The topological polar surface area (TPSA) is 59.0 Å². The van der Waals surface area contributed by atoms with E-state index in [0.717, 1.165) is 23.2 Å². The number of urea groups is 1. The Bertz CT molecular complexity index is 856. The Kier molecular flexibility index (Phi) is 5.92. The minimum absolute atomic E-state index is 0.175. The van der Waals surface area contributed by atoms with Crippen LogP contribution in [-0.2, 0) is 20.0 Å². The van der Waals surface area contributed by atoms with Crippen molar-refractivity contribution in [3.05, 3.63) is 76.9 Å². The molecule has 1 heterocycles. The Morgan fingerprint density at radius 3 is 2.35 bits per heavy atom. The zero-order chi connectivity index (χ0) is 18.4. The summed E-state index contributed by atoms with van der Waals surface area (Å²) in [7, 11) is 1.93. The Morgan fingerprint density at radius 2 is 1.69 bits per heavy atom. The Hall–Kier alpha value is -2.79. The summed E-state index contributed by atoms with van der Waals surface area (Å²) < 4.78 is 1.85. The number of benzene rings is 2. The lowest BCUT2D eigenvalue weighted by Gasteiger charge is -2.08. The van der Waals surface area contributed by atoms with Crippen LogP contribution < -0.4 is 10.6 Å². The molecule has 5 nitrogen and oxygen atoms in total. The molecule has 3 aromatic rings. The van der Waals surface area contributed by atoms with Crippen LogP contribution in [0.25, 0.3) is 11.3 Å². The van der Waals surface area contributed by atoms with Crippen LogP contribution in [0.4, 0.5) is 4.79 Å².